The number of benzene rings is 1. The number of rotatable bonds is 19. The molecule has 5 amide bonds. The summed E-state index contributed by atoms with van der Waals surface area (Å²) in [5, 5.41) is 31.4. The van der Waals surface area contributed by atoms with Crippen molar-refractivity contribution in [2.45, 2.75) is 136 Å². The minimum atomic E-state index is -1.51. The van der Waals surface area contributed by atoms with E-state index in [9.17, 15) is 33.9 Å². The summed E-state index contributed by atoms with van der Waals surface area (Å²) >= 11 is 0. The molecule has 8 atom stereocenters. The van der Waals surface area contributed by atoms with Crippen molar-refractivity contribution in [2.75, 3.05) is 6.54 Å². The Balaban J connectivity index is 1.74. The molecule has 2 aliphatic rings. The van der Waals surface area contributed by atoms with Crippen LogP contribution < -0.4 is 21.3 Å². The second-order valence-electron chi connectivity index (χ2n) is 14.9. The summed E-state index contributed by atoms with van der Waals surface area (Å²) in [4.78, 5) is 80.2. The number of aliphatic hydroxyl groups is 1. The van der Waals surface area contributed by atoms with Crippen molar-refractivity contribution >= 4 is 35.5 Å². The van der Waals surface area contributed by atoms with Crippen molar-refractivity contribution in [1.29, 1.82) is 0 Å². The minimum absolute atomic E-state index is 0.0417. The normalized spacial score (nSPS) is 21.3. The van der Waals surface area contributed by atoms with Gasteiger partial charge >= 0.3 is 5.97 Å². The monoisotopic (exact) mass is 713 g/mol. The van der Waals surface area contributed by atoms with Crippen LogP contribution in [0, 0.1) is 23.7 Å². The number of aliphatic hydroxyl groups excluding tert-OH is 1. The molecular weight excluding hydrogens is 654 g/mol. The number of carbonyl (C=O) groups excluding carboxylic acids is 5. The van der Waals surface area contributed by atoms with Gasteiger partial charge in [0.1, 0.15) is 18.1 Å². The van der Waals surface area contributed by atoms with E-state index in [4.69, 9.17) is 5.11 Å². The molecule has 284 valence electrons. The van der Waals surface area contributed by atoms with Crippen molar-refractivity contribution < 1.29 is 39.0 Å². The molecule has 1 heterocycles. The van der Waals surface area contributed by atoms with E-state index in [1.807, 2.05) is 58.0 Å². The quantitative estimate of drug-likeness (QED) is 0.118. The SMILES string of the molecule is CCCC(NC(=O)C1[C@H]2CCC[C@H]2CN1C(=O)[C@@H](NC(=O)[C@@H](NC(=O)CCCCC(=O)O)C(C)C)C(C)C)C(O)C(=O)N[C@@H](C)c1ccccc1. The number of hydrogen-bond donors (Lipinski definition) is 6. The number of carboxylic acid groups (broad SMARTS) is 1. The van der Waals surface area contributed by atoms with Crippen LogP contribution in [0.1, 0.15) is 111 Å². The smallest absolute Gasteiger partial charge is 0.303 e. The molecule has 2 fully saturated rings. The molecule has 0 aromatic heterocycles. The van der Waals surface area contributed by atoms with Gasteiger partial charge in [-0.1, -0.05) is 77.8 Å². The molecular formula is C38H59N5O8. The van der Waals surface area contributed by atoms with E-state index in [0.717, 1.165) is 24.8 Å². The zero-order valence-corrected chi connectivity index (χ0v) is 31.0. The Bertz CT molecular complexity index is 1350. The summed E-state index contributed by atoms with van der Waals surface area (Å²) in [6.07, 6.45) is 2.74. The van der Waals surface area contributed by atoms with Gasteiger partial charge in [-0.15, -0.1) is 0 Å². The largest absolute Gasteiger partial charge is 0.481 e. The number of likely N-dealkylation sites (tertiary alicyclic amines) is 1. The van der Waals surface area contributed by atoms with Crippen LogP contribution in [-0.2, 0) is 28.8 Å². The van der Waals surface area contributed by atoms with Gasteiger partial charge in [0.15, 0.2) is 6.10 Å². The van der Waals surface area contributed by atoms with E-state index in [-0.39, 0.29) is 48.5 Å². The fourth-order valence-electron chi connectivity index (χ4n) is 7.34. The second-order valence-corrected chi connectivity index (χ2v) is 14.9. The van der Waals surface area contributed by atoms with Crippen LogP contribution in [0.2, 0.25) is 0 Å². The maximum Gasteiger partial charge on any atom is 0.303 e. The molecule has 3 rings (SSSR count). The summed E-state index contributed by atoms with van der Waals surface area (Å²) in [6.45, 7) is 11.3. The fourth-order valence-corrected chi connectivity index (χ4v) is 7.34. The minimum Gasteiger partial charge on any atom is -0.481 e. The Morgan fingerprint density at radius 1 is 0.824 bits per heavy atom. The van der Waals surface area contributed by atoms with Crippen LogP contribution in [0.5, 0.6) is 0 Å². The number of nitrogens with zero attached hydrogens (tertiary/aromatic N) is 1. The lowest BCUT2D eigenvalue weighted by Gasteiger charge is -2.34. The number of unbranched alkanes of at least 4 members (excludes halogenated alkanes) is 1. The Morgan fingerprint density at radius 2 is 1.47 bits per heavy atom. The molecule has 13 nitrogen and oxygen atoms in total. The van der Waals surface area contributed by atoms with Gasteiger partial charge in [-0.25, -0.2) is 0 Å². The highest BCUT2D eigenvalue weighted by atomic mass is 16.4. The Morgan fingerprint density at radius 3 is 2.08 bits per heavy atom. The molecule has 51 heavy (non-hydrogen) atoms. The molecule has 0 radical (unpaired) electrons. The van der Waals surface area contributed by atoms with Gasteiger partial charge in [0.2, 0.25) is 23.6 Å². The number of fused-ring (bicyclic) bond motifs is 1. The third-order valence-corrected chi connectivity index (χ3v) is 10.2. The molecule has 0 spiro atoms. The fraction of sp³-hybridized carbons (Fsp3) is 0.684. The summed E-state index contributed by atoms with van der Waals surface area (Å²) in [7, 11) is 0. The molecule has 1 saturated heterocycles. The first-order chi connectivity index (χ1) is 24.2. The van der Waals surface area contributed by atoms with Crippen molar-refractivity contribution in [3.63, 3.8) is 0 Å². The van der Waals surface area contributed by atoms with Gasteiger partial charge < -0.3 is 36.4 Å². The average Bonchev–Trinajstić information content (AvgIpc) is 3.69. The number of aliphatic carboxylic acids is 1. The van der Waals surface area contributed by atoms with Gasteiger partial charge in [0.25, 0.3) is 5.91 Å². The first-order valence-electron chi connectivity index (χ1n) is 18.6. The summed E-state index contributed by atoms with van der Waals surface area (Å²) < 4.78 is 0. The predicted molar refractivity (Wildman–Crippen MR) is 192 cm³/mol. The van der Waals surface area contributed by atoms with Crippen LogP contribution >= 0.6 is 0 Å². The van der Waals surface area contributed by atoms with Crippen molar-refractivity contribution in [3.05, 3.63) is 35.9 Å². The van der Waals surface area contributed by atoms with Crippen LogP contribution in [0.25, 0.3) is 0 Å². The first-order valence-corrected chi connectivity index (χ1v) is 18.6. The zero-order chi connectivity index (χ0) is 37.8. The summed E-state index contributed by atoms with van der Waals surface area (Å²) in [5.41, 5.74) is 0.878. The van der Waals surface area contributed by atoms with Crippen molar-refractivity contribution in [2.24, 2.45) is 23.7 Å². The zero-order valence-electron chi connectivity index (χ0n) is 31.0. The van der Waals surface area contributed by atoms with Crippen molar-refractivity contribution in [1.82, 2.24) is 26.2 Å². The molecule has 0 bridgehead atoms. The number of carbonyl (C=O) groups is 6. The van der Waals surface area contributed by atoms with Crippen LogP contribution in [-0.4, -0.2) is 87.4 Å². The molecule has 1 aliphatic heterocycles. The third-order valence-electron chi connectivity index (χ3n) is 10.2. The lowest BCUT2D eigenvalue weighted by molar-refractivity contribution is -0.144. The highest BCUT2D eigenvalue weighted by Crippen LogP contribution is 2.42. The predicted octanol–water partition coefficient (Wildman–Crippen LogP) is 3.06. The second kappa shape index (κ2) is 19.6. The van der Waals surface area contributed by atoms with E-state index in [1.54, 1.807) is 18.7 Å². The molecule has 1 saturated carbocycles. The van der Waals surface area contributed by atoms with Crippen LogP contribution in [0.4, 0.5) is 0 Å². The van der Waals surface area contributed by atoms with Gasteiger partial charge in [0.05, 0.1) is 12.1 Å². The van der Waals surface area contributed by atoms with Crippen molar-refractivity contribution in [3.8, 4) is 0 Å². The summed E-state index contributed by atoms with van der Waals surface area (Å²) in [6, 6.07) is 5.42. The first kappa shape index (κ1) is 41.4. The van der Waals surface area contributed by atoms with Gasteiger partial charge in [-0.3, -0.25) is 28.8 Å². The number of nitrogens with one attached hydrogen (secondary N) is 4. The molecule has 1 aromatic rings. The Kier molecular flexibility index (Phi) is 15.9. The third kappa shape index (κ3) is 11.5. The summed E-state index contributed by atoms with van der Waals surface area (Å²) in [5.74, 6) is -3.86. The standard InChI is InChI=1S/C38H59N5O8/c1-7-14-28(34(47)37(50)39-24(6)25-15-9-8-10-16-25)40-36(49)33-27-18-13-17-26(27)21-43(33)38(51)32(23(4)5)42-35(48)31(22(2)3)41-29(44)19-11-12-20-30(45)46/h8-10,15-16,22-24,26-28,31-34,47H,7,11-14,17-21H2,1-6H3,(H,39,50)(H,40,49)(H,41,44)(H,42,48)(H,45,46)/t24-,26-,27-,28?,31-,32-,33?,34?/m0/s1. The average molecular weight is 714 g/mol. The maximum absolute atomic E-state index is 14.3. The van der Waals surface area contributed by atoms with E-state index in [0.29, 0.717) is 32.2 Å². The maximum atomic E-state index is 14.3. The van der Waals surface area contributed by atoms with E-state index < -0.39 is 59.9 Å². The number of hydrogen-bond acceptors (Lipinski definition) is 7. The lowest BCUT2D eigenvalue weighted by Crippen LogP contribution is -2.60. The van der Waals surface area contributed by atoms with Crippen LogP contribution in [0.15, 0.2) is 30.3 Å². The molecule has 13 heteroatoms. The lowest BCUT2D eigenvalue weighted by atomic mass is 9.92. The van der Waals surface area contributed by atoms with E-state index in [1.165, 1.54) is 0 Å². The van der Waals surface area contributed by atoms with Gasteiger partial charge in [0, 0.05) is 19.4 Å². The van der Waals surface area contributed by atoms with E-state index in [2.05, 4.69) is 21.3 Å². The Hall–Kier alpha value is -4.00. The Labute approximate surface area is 302 Å². The number of amides is 5. The topological polar surface area (TPSA) is 194 Å². The van der Waals surface area contributed by atoms with Gasteiger partial charge in [-0.05, 0) is 68.3 Å². The molecule has 3 unspecified atom stereocenters. The molecule has 1 aliphatic carbocycles. The number of carboxylic acids is 1. The van der Waals surface area contributed by atoms with Crippen LogP contribution in [0.3, 0.4) is 0 Å². The van der Waals surface area contributed by atoms with Gasteiger partial charge in [-0.2, -0.15) is 0 Å². The highest BCUT2D eigenvalue weighted by molar-refractivity contribution is 5.95. The van der Waals surface area contributed by atoms with E-state index >= 15 is 0 Å². The highest BCUT2D eigenvalue weighted by Gasteiger charge is 2.51. The molecule has 6 N–H and O–H groups in total. The molecule has 1 aromatic carbocycles.